The first-order valence-corrected chi connectivity index (χ1v) is 32.5. The van der Waals surface area contributed by atoms with Crippen LogP contribution in [-0.4, -0.2) is 129 Å². The first kappa shape index (κ1) is 38.5. The van der Waals surface area contributed by atoms with Crippen molar-refractivity contribution in [1.82, 2.24) is 9.80 Å². The Balaban J connectivity index is 0.860. The molecule has 2 heterocycles. The quantitative estimate of drug-likeness (QED) is 0.0622. The second kappa shape index (κ2) is 10.0. The molecule has 8 aliphatic carbocycles. The van der Waals surface area contributed by atoms with Gasteiger partial charge in [0.05, 0.1) is 87.7 Å². The van der Waals surface area contributed by atoms with Crippen LogP contribution in [0.25, 0.3) is 259 Å². The molecular formula is C78H38N2O6. The molecule has 34 rings (SSSR count). The normalized spacial score (nSPS) is 25.6. The van der Waals surface area contributed by atoms with Crippen molar-refractivity contribution in [2.24, 2.45) is 0 Å². The van der Waals surface area contributed by atoms with Gasteiger partial charge in [-0.1, -0.05) is 0 Å². The van der Waals surface area contributed by atoms with E-state index in [-0.39, 0.29) is 21.7 Å². The lowest BCUT2D eigenvalue weighted by atomic mass is 9.49. The van der Waals surface area contributed by atoms with Gasteiger partial charge in [-0.2, -0.15) is 0 Å². The number of benzene rings is 16. The molecule has 0 N–H and O–H groups in total. The van der Waals surface area contributed by atoms with Crippen LogP contribution in [0.15, 0.2) is 0 Å². The van der Waals surface area contributed by atoms with Gasteiger partial charge in [0, 0.05) is 53.5 Å². The van der Waals surface area contributed by atoms with Gasteiger partial charge in [-0.25, -0.2) is 0 Å². The van der Waals surface area contributed by atoms with E-state index in [2.05, 4.69) is 9.80 Å². The summed E-state index contributed by atoms with van der Waals surface area (Å²) >= 11 is 0. The van der Waals surface area contributed by atoms with Crippen molar-refractivity contribution >= 4 is 248 Å². The molecule has 24 aromatic carbocycles. The molecule has 4 spiro atoms. The molecular weight excluding hydrogens is 1060 g/mol. The summed E-state index contributed by atoms with van der Waals surface area (Å²) in [6.45, 7) is 12.2. The zero-order valence-electron chi connectivity index (χ0n) is 46.7. The lowest BCUT2D eigenvalue weighted by Crippen LogP contribution is -2.51. The van der Waals surface area contributed by atoms with Gasteiger partial charge in [0.15, 0.2) is 0 Å². The van der Waals surface area contributed by atoms with Crippen LogP contribution in [0.2, 0.25) is 0 Å². The zero-order valence-corrected chi connectivity index (χ0v) is 46.7. The smallest absolute Gasteiger partial charge is 0.0701 e. The number of nitrogens with zero attached hydrogens (tertiary/aromatic N) is 2. The Kier molecular flexibility index (Phi) is 4.49. The van der Waals surface area contributed by atoms with Crippen LogP contribution in [0.3, 0.4) is 0 Å². The zero-order chi connectivity index (χ0) is 53.0. The second-order valence-electron chi connectivity index (χ2n) is 30.5. The largest absolute Gasteiger partial charge is 0.382 e. The van der Waals surface area contributed by atoms with E-state index < -0.39 is 0 Å². The van der Waals surface area contributed by atoms with Gasteiger partial charge in [-0.15, -0.1) is 0 Å². The van der Waals surface area contributed by atoms with Crippen molar-refractivity contribution in [3.05, 3.63) is 44.5 Å². The standard InChI is InChI=1S/C78H38N2O6/c1-81-7-9-85-13-11-83-5-3-79-15-75-67-53-43-32-23-19-20-22-27-21(19)28-25-30(23)38(43)49-41-34(25)45-36(28)47-40(27)48-37-29(22)26-31-24(20)33(32)44-39(31)50-42-35(26)46(37)58-62-52(42)64(60(50)68(75)54(44)53)74-66-65-71-61(51(41)63(59(49)67)73(65)78(74,75)18-79)57(45)69-55(47)56(48)70(58)77(72(62)66)17-80(16-76(69,71)77)4-6-84-12-14-86-10-8-82-2/h3-18H2,1-2H3. The Hall–Kier alpha value is -7.60. The number of hydrogen-bond acceptors (Lipinski definition) is 8. The summed E-state index contributed by atoms with van der Waals surface area (Å²) in [5, 5.41) is 77.0. The predicted molar refractivity (Wildman–Crippen MR) is 346 cm³/mol. The predicted octanol–water partition coefficient (Wildman–Crippen LogP) is 14.8. The van der Waals surface area contributed by atoms with E-state index in [1.54, 1.807) is 318 Å². The highest BCUT2D eigenvalue weighted by atomic mass is 16.5. The van der Waals surface area contributed by atoms with Gasteiger partial charge in [-0.3, -0.25) is 9.80 Å². The highest BCUT2D eigenvalue weighted by Gasteiger charge is 2.79. The second-order valence-corrected chi connectivity index (χ2v) is 30.5. The van der Waals surface area contributed by atoms with Crippen LogP contribution in [0.5, 0.6) is 0 Å². The van der Waals surface area contributed by atoms with Crippen LogP contribution in [0, 0.1) is 0 Å². The monoisotopic (exact) mass is 1100 g/mol. The SMILES string of the molecule is COCCOCCOCCN1CC23c4c5c6c7c8c9c%10c%11c%12c%13c%14c(c-5c5c%15c%16c(c%17c%18c2c2c4c7c4c8c7c%10c8c%10c%11c%11c%13c(c%14%15)c%13c%16c%14c%17c%15c%18c%16c2c4c2c7c8c4c(c%162)c%15c2c%14c%13c%11c%10c24)C53C1)C61CN(CCOCCOCCOC)CC9%121. The molecule has 24 aromatic rings. The van der Waals surface area contributed by atoms with Gasteiger partial charge in [-0.05, 0) is 303 Å². The molecule has 0 bridgehead atoms. The van der Waals surface area contributed by atoms with Gasteiger partial charge in [0.2, 0.25) is 0 Å². The molecule has 2 unspecified atom stereocenters. The first-order chi connectivity index (χ1) is 42.8. The van der Waals surface area contributed by atoms with Crippen LogP contribution in [-0.2, 0) is 50.1 Å². The molecule has 0 saturated carbocycles. The van der Waals surface area contributed by atoms with Crippen LogP contribution < -0.4 is 0 Å². The summed E-state index contributed by atoms with van der Waals surface area (Å²) in [5.74, 6) is 0. The van der Waals surface area contributed by atoms with E-state index in [1.165, 1.54) is 0 Å². The lowest BCUT2D eigenvalue weighted by molar-refractivity contribution is 0.0204. The summed E-state index contributed by atoms with van der Waals surface area (Å²) in [6.07, 6.45) is 0. The maximum absolute atomic E-state index is 6.69. The lowest BCUT2D eigenvalue weighted by Gasteiger charge is -2.50. The van der Waals surface area contributed by atoms with Gasteiger partial charge in [0.1, 0.15) is 0 Å². The molecule has 2 aliphatic heterocycles. The van der Waals surface area contributed by atoms with E-state index in [0.717, 1.165) is 39.3 Å². The van der Waals surface area contributed by atoms with E-state index in [9.17, 15) is 0 Å². The molecule has 396 valence electrons. The fourth-order valence-electron chi connectivity index (χ4n) is 28.9. The Bertz CT molecular complexity index is 7090. The summed E-state index contributed by atoms with van der Waals surface area (Å²) in [7, 11) is 3.50. The fraction of sp³-hybridized carbons (Fsp3) is 0.282. The topological polar surface area (TPSA) is 61.9 Å². The third-order valence-corrected chi connectivity index (χ3v) is 29.4. The average Bonchev–Trinajstić information content (AvgIpc) is 1.38. The molecule has 0 aromatic heterocycles. The van der Waals surface area contributed by atoms with Crippen molar-refractivity contribution in [2.45, 2.75) is 21.7 Å². The molecule has 10 aliphatic rings. The first-order valence-electron chi connectivity index (χ1n) is 32.5. The van der Waals surface area contributed by atoms with E-state index in [0.29, 0.717) is 66.1 Å². The average molecular weight is 1100 g/mol. The molecule has 8 heteroatoms. The van der Waals surface area contributed by atoms with E-state index in [1.807, 2.05) is 0 Å². The molecule has 2 atom stereocenters. The number of methoxy groups -OCH3 is 2. The number of likely N-dealkylation sites (tertiary alicyclic amines) is 2. The summed E-state index contributed by atoms with van der Waals surface area (Å²) in [4.78, 5) is 5.96. The van der Waals surface area contributed by atoms with Gasteiger partial charge < -0.3 is 28.4 Å². The van der Waals surface area contributed by atoms with Crippen LogP contribution in [0.4, 0.5) is 0 Å². The van der Waals surface area contributed by atoms with Crippen molar-refractivity contribution in [3.63, 3.8) is 0 Å². The van der Waals surface area contributed by atoms with E-state index in [4.69, 9.17) is 28.4 Å². The minimum absolute atomic E-state index is 0.257. The van der Waals surface area contributed by atoms with Crippen molar-refractivity contribution in [3.8, 4) is 11.1 Å². The molecule has 8 nitrogen and oxygen atoms in total. The summed E-state index contributed by atoms with van der Waals surface area (Å²) in [6, 6.07) is 0. The minimum Gasteiger partial charge on any atom is -0.382 e. The summed E-state index contributed by atoms with van der Waals surface area (Å²) in [5.41, 5.74) is 16.7. The molecule has 0 radical (unpaired) electrons. The Morgan fingerprint density at radius 2 is 0.372 bits per heavy atom. The Morgan fingerprint density at radius 3 is 0.605 bits per heavy atom. The van der Waals surface area contributed by atoms with Gasteiger partial charge >= 0.3 is 0 Å². The van der Waals surface area contributed by atoms with Crippen molar-refractivity contribution in [1.29, 1.82) is 0 Å². The fourth-order valence-corrected chi connectivity index (χ4v) is 28.9. The number of hydrogen-bond donors (Lipinski definition) is 0. The van der Waals surface area contributed by atoms with Crippen molar-refractivity contribution in [2.75, 3.05) is 120 Å². The molecule has 0 amide bonds. The maximum Gasteiger partial charge on any atom is 0.0701 e. The third-order valence-electron chi connectivity index (χ3n) is 29.4. The molecule has 2 saturated heterocycles. The Morgan fingerprint density at radius 1 is 0.209 bits per heavy atom. The maximum atomic E-state index is 6.69. The minimum atomic E-state index is -0.266. The number of ether oxygens (including phenoxy) is 6. The molecule has 2 fully saturated rings. The van der Waals surface area contributed by atoms with Crippen LogP contribution >= 0.6 is 0 Å². The Labute approximate surface area is 480 Å². The summed E-state index contributed by atoms with van der Waals surface area (Å²) < 4.78 is 36.0. The number of rotatable bonds is 18. The van der Waals surface area contributed by atoms with Crippen LogP contribution in [0.1, 0.15) is 44.5 Å². The third kappa shape index (κ3) is 2.48. The highest BCUT2D eigenvalue weighted by Crippen LogP contribution is 2.89. The van der Waals surface area contributed by atoms with Gasteiger partial charge in [0.25, 0.3) is 0 Å². The van der Waals surface area contributed by atoms with Crippen molar-refractivity contribution < 1.29 is 28.4 Å². The highest BCUT2D eigenvalue weighted by molar-refractivity contribution is 6.79. The molecule has 86 heavy (non-hydrogen) atoms. The van der Waals surface area contributed by atoms with E-state index >= 15 is 0 Å².